The lowest BCUT2D eigenvalue weighted by atomic mass is 10.2. The number of carbonyl (C=O) groups is 1. The third-order valence-corrected chi connectivity index (χ3v) is 2.96. The number of benzene rings is 1. The number of hydrogen-bond donors (Lipinski definition) is 0. The summed E-state index contributed by atoms with van der Waals surface area (Å²) in [6.07, 6.45) is 0. The average molecular weight is 292 g/mol. The Morgan fingerprint density at radius 3 is 2.50 bits per heavy atom. The second kappa shape index (κ2) is 4.87. The van der Waals surface area contributed by atoms with E-state index in [9.17, 15) is 4.79 Å². The van der Waals surface area contributed by atoms with Gasteiger partial charge in [-0.05, 0) is 40.3 Å². The molecule has 0 amide bonds. The van der Waals surface area contributed by atoms with Crippen molar-refractivity contribution in [2.75, 3.05) is 0 Å². The van der Waals surface area contributed by atoms with Crippen molar-refractivity contribution in [2.24, 2.45) is 0 Å². The maximum atomic E-state index is 10.6. The van der Waals surface area contributed by atoms with E-state index in [1.807, 2.05) is 0 Å². The average Bonchev–Trinajstić information content (AvgIpc) is 2.03. The van der Waals surface area contributed by atoms with Gasteiger partial charge in [0.1, 0.15) is 0 Å². The highest BCUT2D eigenvalue weighted by Gasteiger charge is 1.96. The van der Waals surface area contributed by atoms with Crippen molar-refractivity contribution in [2.45, 2.75) is 12.7 Å². The summed E-state index contributed by atoms with van der Waals surface area (Å²) in [4.78, 5) is 10.6. The molecule has 0 aromatic heterocycles. The van der Waals surface area contributed by atoms with Crippen LogP contribution in [0.4, 0.5) is 0 Å². The van der Waals surface area contributed by atoms with Gasteiger partial charge in [-0.2, -0.15) is 0 Å². The molecule has 0 unspecified atom stereocenters. The molecular weight excluding hydrogens is 283 g/mol. The van der Waals surface area contributed by atoms with Crippen molar-refractivity contribution in [1.82, 2.24) is 0 Å². The summed E-state index contributed by atoms with van der Waals surface area (Å²) in [5.41, 5.74) is 1.20. The van der Waals surface area contributed by atoms with E-state index < -0.39 is 0 Å². The fourth-order valence-electron chi connectivity index (χ4n) is 0.766. The summed E-state index contributed by atoms with van der Waals surface area (Å²) in [5.74, 6) is 0.784. The zero-order valence-corrected chi connectivity index (χ0v) is 9.68. The molecule has 3 heteroatoms. The highest BCUT2D eigenvalue weighted by Crippen LogP contribution is 2.14. The highest BCUT2D eigenvalue weighted by atomic mass is 127. The fourth-order valence-corrected chi connectivity index (χ4v) is 1.69. The molecule has 64 valence electrons. The van der Waals surface area contributed by atoms with Crippen LogP contribution in [-0.4, -0.2) is 5.12 Å². The van der Waals surface area contributed by atoms with Crippen molar-refractivity contribution in [3.8, 4) is 0 Å². The minimum absolute atomic E-state index is 0.175. The van der Waals surface area contributed by atoms with E-state index in [0.29, 0.717) is 0 Å². The second-order valence-corrected chi connectivity index (χ2v) is 4.80. The molecule has 0 fully saturated rings. The molecule has 12 heavy (non-hydrogen) atoms. The molecule has 0 aliphatic carbocycles. The molecule has 1 rings (SSSR count). The SMILES string of the molecule is CC(=O)SCc1ccc(I)cc1. The highest BCUT2D eigenvalue weighted by molar-refractivity contribution is 14.1. The zero-order valence-electron chi connectivity index (χ0n) is 6.71. The molecule has 0 N–H and O–H groups in total. The third-order valence-electron chi connectivity index (χ3n) is 1.36. The van der Waals surface area contributed by atoms with Crippen LogP contribution in [0.5, 0.6) is 0 Å². The van der Waals surface area contributed by atoms with E-state index in [0.717, 1.165) is 5.75 Å². The molecule has 1 aromatic rings. The van der Waals surface area contributed by atoms with Gasteiger partial charge in [-0.25, -0.2) is 0 Å². The molecule has 0 aliphatic heterocycles. The molecule has 0 heterocycles. The van der Waals surface area contributed by atoms with Crippen molar-refractivity contribution in [3.05, 3.63) is 33.4 Å². The van der Waals surface area contributed by atoms with Crippen LogP contribution in [0.1, 0.15) is 12.5 Å². The summed E-state index contributed by atoms with van der Waals surface area (Å²) in [7, 11) is 0. The number of rotatable bonds is 2. The molecule has 0 saturated heterocycles. The number of thioether (sulfide) groups is 1. The molecular formula is C9H9IOS. The van der Waals surface area contributed by atoms with Gasteiger partial charge in [-0.15, -0.1) is 0 Å². The first-order chi connectivity index (χ1) is 5.68. The molecule has 0 aliphatic rings. The minimum Gasteiger partial charge on any atom is -0.288 e. The Kier molecular flexibility index (Phi) is 4.08. The van der Waals surface area contributed by atoms with Crippen LogP contribution in [0, 0.1) is 3.57 Å². The molecule has 0 radical (unpaired) electrons. The monoisotopic (exact) mass is 292 g/mol. The summed E-state index contributed by atoms with van der Waals surface area (Å²) < 4.78 is 1.23. The largest absolute Gasteiger partial charge is 0.288 e. The van der Waals surface area contributed by atoms with Gasteiger partial charge >= 0.3 is 0 Å². The molecule has 0 atom stereocenters. The van der Waals surface area contributed by atoms with E-state index in [1.165, 1.54) is 20.9 Å². The Morgan fingerprint density at radius 1 is 1.42 bits per heavy atom. The van der Waals surface area contributed by atoms with Gasteiger partial charge in [-0.3, -0.25) is 4.79 Å². The smallest absolute Gasteiger partial charge is 0.186 e. The van der Waals surface area contributed by atoms with Gasteiger partial charge in [0.25, 0.3) is 0 Å². The Labute approximate surface area is 90.1 Å². The quantitative estimate of drug-likeness (QED) is 0.779. The molecule has 1 nitrogen and oxygen atoms in total. The van der Waals surface area contributed by atoms with Crippen molar-refractivity contribution in [1.29, 1.82) is 0 Å². The van der Waals surface area contributed by atoms with E-state index in [2.05, 4.69) is 46.9 Å². The molecule has 0 bridgehead atoms. The predicted molar refractivity (Wildman–Crippen MR) is 61.1 cm³/mol. The summed E-state index contributed by atoms with van der Waals surface area (Å²) in [5, 5.41) is 0.175. The predicted octanol–water partition coefficient (Wildman–Crippen LogP) is 3.07. The Hall–Kier alpha value is -0.0300. The van der Waals surface area contributed by atoms with E-state index >= 15 is 0 Å². The van der Waals surface area contributed by atoms with E-state index in [4.69, 9.17) is 0 Å². The lowest BCUT2D eigenvalue weighted by Gasteiger charge is -1.97. The van der Waals surface area contributed by atoms with Crippen LogP contribution in [0.2, 0.25) is 0 Å². The zero-order chi connectivity index (χ0) is 8.97. The number of halogens is 1. The summed E-state index contributed by atoms with van der Waals surface area (Å²) in [6, 6.07) is 8.21. The van der Waals surface area contributed by atoms with Crippen LogP contribution in [-0.2, 0) is 10.5 Å². The van der Waals surface area contributed by atoms with Gasteiger partial charge in [0, 0.05) is 16.2 Å². The second-order valence-electron chi connectivity index (χ2n) is 2.41. The maximum Gasteiger partial charge on any atom is 0.186 e. The lowest BCUT2D eigenvalue weighted by Crippen LogP contribution is -1.85. The van der Waals surface area contributed by atoms with Crippen LogP contribution in [0.15, 0.2) is 24.3 Å². The normalized spacial score (nSPS) is 9.83. The standard InChI is InChI=1S/C9H9IOS/c1-7(11)12-6-8-2-4-9(10)5-3-8/h2-5H,6H2,1H3. The molecule has 0 spiro atoms. The van der Waals surface area contributed by atoms with E-state index in [1.54, 1.807) is 6.92 Å². The van der Waals surface area contributed by atoms with Gasteiger partial charge in [0.05, 0.1) is 0 Å². The minimum atomic E-state index is 0.175. The topological polar surface area (TPSA) is 17.1 Å². The molecule has 1 aromatic carbocycles. The number of carbonyl (C=O) groups excluding carboxylic acids is 1. The third kappa shape index (κ3) is 3.58. The fraction of sp³-hybridized carbons (Fsp3) is 0.222. The molecule has 0 saturated carbocycles. The van der Waals surface area contributed by atoms with Crippen LogP contribution in [0.3, 0.4) is 0 Å². The first kappa shape index (κ1) is 10.1. The van der Waals surface area contributed by atoms with E-state index in [-0.39, 0.29) is 5.12 Å². The van der Waals surface area contributed by atoms with Crippen molar-refractivity contribution in [3.63, 3.8) is 0 Å². The van der Waals surface area contributed by atoms with Gasteiger partial charge in [-0.1, -0.05) is 23.9 Å². The lowest BCUT2D eigenvalue weighted by molar-refractivity contribution is -0.109. The van der Waals surface area contributed by atoms with Crippen molar-refractivity contribution < 1.29 is 4.79 Å². The summed E-state index contributed by atoms with van der Waals surface area (Å²) in [6.45, 7) is 1.59. The van der Waals surface area contributed by atoms with Gasteiger partial charge in [0.2, 0.25) is 0 Å². The Bertz CT molecular complexity index is 268. The Morgan fingerprint density at radius 2 is 2.00 bits per heavy atom. The first-order valence-electron chi connectivity index (χ1n) is 3.56. The van der Waals surface area contributed by atoms with Crippen LogP contribution >= 0.6 is 34.4 Å². The van der Waals surface area contributed by atoms with Gasteiger partial charge in [0.15, 0.2) is 5.12 Å². The number of hydrogen-bond acceptors (Lipinski definition) is 2. The van der Waals surface area contributed by atoms with Crippen LogP contribution < -0.4 is 0 Å². The van der Waals surface area contributed by atoms with Gasteiger partial charge < -0.3 is 0 Å². The van der Waals surface area contributed by atoms with Crippen LogP contribution in [0.25, 0.3) is 0 Å². The van der Waals surface area contributed by atoms with Crippen molar-refractivity contribution >= 4 is 39.5 Å². The first-order valence-corrected chi connectivity index (χ1v) is 5.63. The Balaban J connectivity index is 2.53. The summed E-state index contributed by atoms with van der Waals surface area (Å²) >= 11 is 3.61. The maximum absolute atomic E-state index is 10.6.